The number of rotatable bonds is 4. The molecule has 1 aromatic carbocycles. The molecule has 0 saturated carbocycles. The number of halogens is 3. The number of alkyl halides is 3. The van der Waals surface area contributed by atoms with E-state index in [9.17, 15) is 28.1 Å². The normalized spacial score (nSPS) is 15.0. The second kappa shape index (κ2) is 8.29. The standard InChI is InChI=1S/C19H17F3N4O3/c20-19(21,22)15-5-6-17(23-13-15)24-8-10-25(11-9-24)18(27)7-4-14-2-1-3-16(12-14)26(28)29/h1-7,12-13H,8-11H2/b7-4+. The molecule has 7 nitrogen and oxygen atoms in total. The summed E-state index contributed by atoms with van der Waals surface area (Å²) in [7, 11) is 0. The second-order valence-corrected chi connectivity index (χ2v) is 6.40. The summed E-state index contributed by atoms with van der Waals surface area (Å²) in [5.74, 6) is 0.189. The van der Waals surface area contributed by atoms with E-state index in [1.165, 1.54) is 36.4 Å². The molecule has 152 valence electrons. The lowest BCUT2D eigenvalue weighted by Gasteiger charge is -2.35. The Morgan fingerprint density at radius 2 is 1.86 bits per heavy atom. The van der Waals surface area contributed by atoms with Crippen molar-refractivity contribution >= 4 is 23.5 Å². The van der Waals surface area contributed by atoms with Gasteiger partial charge < -0.3 is 9.80 Å². The Kier molecular flexibility index (Phi) is 5.81. The van der Waals surface area contributed by atoms with E-state index in [1.807, 2.05) is 4.90 Å². The Balaban J connectivity index is 1.57. The maximum absolute atomic E-state index is 12.6. The Morgan fingerprint density at radius 3 is 2.45 bits per heavy atom. The van der Waals surface area contributed by atoms with Gasteiger partial charge in [-0.05, 0) is 23.8 Å². The van der Waals surface area contributed by atoms with Gasteiger partial charge >= 0.3 is 6.18 Å². The van der Waals surface area contributed by atoms with Crippen molar-refractivity contribution in [1.29, 1.82) is 0 Å². The van der Waals surface area contributed by atoms with Crippen molar-refractivity contribution in [2.75, 3.05) is 31.1 Å². The smallest absolute Gasteiger partial charge is 0.353 e. The molecule has 0 aliphatic carbocycles. The first-order valence-electron chi connectivity index (χ1n) is 8.74. The van der Waals surface area contributed by atoms with Crippen molar-refractivity contribution < 1.29 is 22.9 Å². The van der Waals surface area contributed by atoms with Gasteiger partial charge in [0.2, 0.25) is 5.91 Å². The number of hydrogen-bond acceptors (Lipinski definition) is 5. The second-order valence-electron chi connectivity index (χ2n) is 6.40. The van der Waals surface area contributed by atoms with Crippen LogP contribution in [0.15, 0.2) is 48.7 Å². The molecule has 29 heavy (non-hydrogen) atoms. The zero-order valence-corrected chi connectivity index (χ0v) is 15.2. The fraction of sp³-hybridized carbons (Fsp3) is 0.263. The average Bonchev–Trinajstić information content (AvgIpc) is 2.72. The molecule has 1 aliphatic heterocycles. The monoisotopic (exact) mass is 406 g/mol. The molecule has 0 bridgehead atoms. The number of benzene rings is 1. The fourth-order valence-corrected chi connectivity index (χ4v) is 2.91. The number of pyridine rings is 1. The van der Waals surface area contributed by atoms with Crippen LogP contribution in [0.1, 0.15) is 11.1 Å². The minimum absolute atomic E-state index is 0.0581. The number of aromatic nitrogens is 1. The van der Waals surface area contributed by atoms with E-state index in [2.05, 4.69) is 4.98 Å². The third-order valence-electron chi connectivity index (χ3n) is 4.49. The summed E-state index contributed by atoms with van der Waals surface area (Å²) in [6, 6.07) is 8.25. The summed E-state index contributed by atoms with van der Waals surface area (Å²) in [5.41, 5.74) is -0.321. The minimum atomic E-state index is -4.43. The van der Waals surface area contributed by atoms with Crippen LogP contribution >= 0.6 is 0 Å². The van der Waals surface area contributed by atoms with Gasteiger partial charge in [0, 0.05) is 50.6 Å². The van der Waals surface area contributed by atoms with Crippen LogP contribution in [0.2, 0.25) is 0 Å². The van der Waals surface area contributed by atoms with E-state index < -0.39 is 16.7 Å². The van der Waals surface area contributed by atoms with Gasteiger partial charge in [-0.25, -0.2) is 4.98 Å². The molecule has 0 radical (unpaired) electrons. The maximum atomic E-state index is 12.6. The van der Waals surface area contributed by atoms with Gasteiger partial charge in [0.25, 0.3) is 5.69 Å². The largest absolute Gasteiger partial charge is 0.417 e. The third-order valence-corrected chi connectivity index (χ3v) is 4.49. The van der Waals surface area contributed by atoms with Crippen molar-refractivity contribution in [2.45, 2.75) is 6.18 Å². The molecule has 0 spiro atoms. The van der Waals surface area contributed by atoms with Gasteiger partial charge in [0.05, 0.1) is 10.5 Å². The first-order chi connectivity index (χ1) is 13.7. The number of anilines is 1. The van der Waals surface area contributed by atoms with Crippen LogP contribution in [-0.2, 0) is 11.0 Å². The molecule has 3 rings (SSSR count). The molecule has 2 aromatic rings. The predicted octanol–water partition coefficient (Wildman–Crippen LogP) is 3.37. The molecular weight excluding hydrogens is 389 g/mol. The topological polar surface area (TPSA) is 79.6 Å². The average molecular weight is 406 g/mol. The van der Waals surface area contributed by atoms with Gasteiger partial charge in [-0.3, -0.25) is 14.9 Å². The van der Waals surface area contributed by atoms with E-state index in [1.54, 1.807) is 11.0 Å². The van der Waals surface area contributed by atoms with Crippen LogP contribution < -0.4 is 4.90 Å². The van der Waals surface area contributed by atoms with Crippen molar-refractivity contribution in [3.8, 4) is 0 Å². The Hall–Kier alpha value is -3.43. The van der Waals surface area contributed by atoms with Crippen LogP contribution in [0, 0.1) is 10.1 Å². The summed E-state index contributed by atoms with van der Waals surface area (Å²) in [4.78, 5) is 29.9. The molecular formula is C19H17F3N4O3. The molecule has 0 unspecified atom stereocenters. The van der Waals surface area contributed by atoms with Gasteiger partial charge in [0.15, 0.2) is 0 Å². The first-order valence-corrected chi connectivity index (χ1v) is 8.74. The zero-order valence-electron chi connectivity index (χ0n) is 15.2. The Morgan fingerprint density at radius 1 is 1.14 bits per heavy atom. The van der Waals surface area contributed by atoms with E-state index in [0.717, 1.165) is 12.3 Å². The number of nitro benzene ring substituents is 1. The SMILES string of the molecule is O=C(/C=C/c1cccc([N+](=O)[O-])c1)N1CCN(c2ccc(C(F)(F)F)cn2)CC1. The third kappa shape index (κ3) is 5.09. The Bertz CT molecular complexity index is 921. The molecule has 2 heterocycles. The van der Waals surface area contributed by atoms with Gasteiger partial charge in [-0.15, -0.1) is 0 Å². The van der Waals surface area contributed by atoms with Crippen molar-refractivity contribution in [1.82, 2.24) is 9.88 Å². The predicted molar refractivity (Wildman–Crippen MR) is 100 cm³/mol. The Labute approximate surface area is 164 Å². The number of carbonyl (C=O) groups excluding carboxylic acids is 1. The molecule has 0 N–H and O–H groups in total. The highest BCUT2D eigenvalue weighted by molar-refractivity contribution is 5.92. The molecule has 10 heteroatoms. The molecule has 1 fully saturated rings. The lowest BCUT2D eigenvalue weighted by atomic mass is 10.2. The number of hydrogen-bond donors (Lipinski definition) is 0. The van der Waals surface area contributed by atoms with Crippen LogP contribution in [0.3, 0.4) is 0 Å². The van der Waals surface area contributed by atoms with Crippen molar-refractivity contribution in [3.05, 3.63) is 69.9 Å². The van der Waals surface area contributed by atoms with Crippen molar-refractivity contribution in [2.24, 2.45) is 0 Å². The van der Waals surface area contributed by atoms with Gasteiger partial charge in [-0.2, -0.15) is 13.2 Å². The highest BCUT2D eigenvalue weighted by Gasteiger charge is 2.31. The minimum Gasteiger partial charge on any atom is -0.353 e. The zero-order chi connectivity index (χ0) is 21.0. The summed E-state index contributed by atoms with van der Waals surface area (Å²) >= 11 is 0. The summed E-state index contributed by atoms with van der Waals surface area (Å²) in [6.45, 7) is 1.66. The highest BCUT2D eigenvalue weighted by Crippen LogP contribution is 2.29. The van der Waals surface area contributed by atoms with E-state index in [-0.39, 0.29) is 11.6 Å². The van der Waals surface area contributed by atoms with Crippen LogP contribution in [0.25, 0.3) is 6.08 Å². The number of non-ortho nitro benzene ring substituents is 1. The molecule has 1 amide bonds. The number of carbonyl (C=O) groups is 1. The fourth-order valence-electron chi connectivity index (χ4n) is 2.91. The molecule has 0 atom stereocenters. The number of piperazine rings is 1. The molecule has 1 saturated heterocycles. The lowest BCUT2D eigenvalue weighted by molar-refractivity contribution is -0.384. The van der Waals surface area contributed by atoms with Crippen LogP contribution in [-0.4, -0.2) is 46.9 Å². The van der Waals surface area contributed by atoms with Crippen LogP contribution in [0.4, 0.5) is 24.7 Å². The first kappa shape index (κ1) is 20.3. The summed E-state index contributed by atoms with van der Waals surface area (Å²) < 4.78 is 37.9. The number of amides is 1. The maximum Gasteiger partial charge on any atom is 0.417 e. The van der Waals surface area contributed by atoms with Crippen LogP contribution in [0.5, 0.6) is 0 Å². The molecule has 1 aromatic heterocycles. The summed E-state index contributed by atoms with van der Waals surface area (Å²) in [6.07, 6.45) is -0.763. The van der Waals surface area contributed by atoms with E-state index in [4.69, 9.17) is 0 Å². The van der Waals surface area contributed by atoms with E-state index >= 15 is 0 Å². The quantitative estimate of drug-likeness (QED) is 0.442. The number of nitro groups is 1. The van der Waals surface area contributed by atoms with Gasteiger partial charge in [0.1, 0.15) is 5.82 Å². The van der Waals surface area contributed by atoms with Gasteiger partial charge in [-0.1, -0.05) is 12.1 Å². The summed E-state index contributed by atoms with van der Waals surface area (Å²) in [5, 5.41) is 10.8. The number of nitrogens with zero attached hydrogens (tertiary/aromatic N) is 4. The highest BCUT2D eigenvalue weighted by atomic mass is 19.4. The molecule has 1 aliphatic rings. The lowest BCUT2D eigenvalue weighted by Crippen LogP contribution is -2.48. The van der Waals surface area contributed by atoms with Crippen molar-refractivity contribution in [3.63, 3.8) is 0 Å². The van der Waals surface area contributed by atoms with E-state index in [0.29, 0.717) is 37.6 Å².